The lowest BCUT2D eigenvalue weighted by Crippen LogP contribution is -2.31. The number of hydrogen-bond acceptors (Lipinski definition) is 4. The van der Waals surface area contributed by atoms with Crippen LogP contribution in [0.3, 0.4) is 0 Å². The second-order valence-electron chi connectivity index (χ2n) is 3.52. The molecule has 1 rings (SSSR count). The third-order valence-electron chi connectivity index (χ3n) is 2.14. The molecule has 1 aromatic carbocycles. The Bertz CT molecular complexity index is 323. The van der Waals surface area contributed by atoms with Gasteiger partial charge in [0.25, 0.3) is 6.29 Å². The molecule has 0 aromatic heterocycles. The molecular weight excluding hydrogens is 220 g/mol. The van der Waals surface area contributed by atoms with E-state index in [1.54, 1.807) is 12.1 Å². The van der Waals surface area contributed by atoms with Crippen LogP contribution in [0.15, 0.2) is 30.3 Å². The molecule has 4 heteroatoms. The van der Waals surface area contributed by atoms with E-state index in [1.165, 1.54) is 7.11 Å². The minimum absolute atomic E-state index is 0.396. The predicted molar refractivity (Wildman–Crippen MR) is 63.7 cm³/mol. The van der Waals surface area contributed by atoms with Crippen molar-refractivity contribution in [1.82, 2.24) is 0 Å². The van der Waals surface area contributed by atoms with E-state index in [4.69, 9.17) is 14.2 Å². The molecule has 0 bridgehead atoms. The van der Waals surface area contributed by atoms with E-state index < -0.39 is 12.3 Å². The van der Waals surface area contributed by atoms with Gasteiger partial charge in [0.1, 0.15) is 5.75 Å². The van der Waals surface area contributed by atoms with Crippen molar-refractivity contribution in [2.75, 3.05) is 13.7 Å². The molecule has 1 atom stereocenters. The molecule has 4 nitrogen and oxygen atoms in total. The highest BCUT2D eigenvalue weighted by Crippen LogP contribution is 2.12. The predicted octanol–water partition coefficient (Wildman–Crippen LogP) is 2.38. The maximum atomic E-state index is 11.6. The first-order valence-electron chi connectivity index (χ1n) is 5.69. The van der Waals surface area contributed by atoms with Crippen molar-refractivity contribution < 1.29 is 19.0 Å². The first-order valence-corrected chi connectivity index (χ1v) is 5.69. The lowest BCUT2D eigenvalue weighted by atomic mass is 10.3. The van der Waals surface area contributed by atoms with Crippen LogP contribution >= 0.6 is 0 Å². The van der Waals surface area contributed by atoms with Gasteiger partial charge in [-0.15, -0.1) is 0 Å². The summed E-state index contributed by atoms with van der Waals surface area (Å²) in [4.78, 5) is 11.6. The molecule has 0 fully saturated rings. The van der Waals surface area contributed by atoms with Crippen LogP contribution in [0.1, 0.15) is 19.8 Å². The van der Waals surface area contributed by atoms with E-state index in [1.807, 2.05) is 25.1 Å². The van der Waals surface area contributed by atoms with Crippen LogP contribution in [0, 0.1) is 0 Å². The summed E-state index contributed by atoms with van der Waals surface area (Å²) in [5.41, 5.74) is 0. The Morgan fingerprint density at radius 1 is 1.29 bits per heavy atom. The lowest BCUT2D eigenvalue weighted by molar-refractivity contribution is -0.173. The maximum Gasteiger partial charge on any atom is 0.376 e. The minimum Gasteiger partial charge on any atom is -0.461 e. The molecule has 0 aliphatic carbocycles. The van der Waals surface area contributed by atoms with Gasteiger partial charge in [-0.2, -0.15) is 0 Å². The van der Waals surface area contributed by atoms with E-state index in [9.17, 15) is 4.79 Å². The van der Waals surface area contributed by atoms with Gasteiger partial charge >= 0.3 is 5.97 Å². The van der Waals surface area contributed by atoms with Gasteiger partial charge in [-0.1, -0.05) is 31.5 Å². The number of carbonyl (C=O) groups excluding carboxylic acids is 1. The van der Waals surface area contributed by atoms with Gasteiger partial charge in [-0.25, -0.2) is 4.79 Å². The van der Waals surface area contributed by atoms with Crippen molar-refractivity contribution in [2.45, 2.75) is 26.1 Å². The van der Waals surface area contributed by atoms with Crippen LogP contribution in [0.4, 0.5) is 0 Å². The highest BCUT2D eigenvalue weighted by Gasteiger charge is 2.21. The summed E-state index contributed by atoms with van der Waals surface area (Å²) in [6.45, 7) is 2.43. The maximum absolute atomic E-state index is 11.6. The van der Waals surface area contributed by atoms with Crippen molar-refractivity contribution in [3.63, 3.8) is 0 Å². The Morgan fingerprint density at radius 2 is 2.00 bits per heavy atom. The van der Waals surface area contributed by atoms with Gasteiger partial charge in [0.2, 0.25) is 0 Å². The Balaban J connectivity index is 2.45. The summed E-state index contributed by atoms with van der Waals surface area (Å²) >= 11 is 0. The van der Waals surface area contributed by atoms with Crippen LogP contribution in [-0.2, 0) is 14.3 Å². The minimum atomic E-state index is -1.01. The van der Waals surface area contributed by atoms with E-state index in [0.717, 1.165) is 12.8 Å². The monoisotopic (exact) mass is 238 g/mol. The summed E-state index contributed by atoms with van der Waals surface area (Å²) in [7, 11) is 1.41. The molecule has 0 aliphatic heterocycles. The second-order valence-corrected chi connectivity index (χ2v) is 3.52. The average Bonchev–Trinajstić information content (AvgIpc) is 2.37. The largest absolute Gasteiger partial charge is 0.461 e. The number of para-hydroxylation sites is 1. The van der Waals surface area contributed by atoms with Crippen LogP contribution in [0.2, 0.25) is 0 Å². The Labute approximate surface area is 101 Å². The molecule has 17 heavy (non-hydrogen) atoms. The fraction of sp³-hybridized carbons (Fsp3) is 0.462. The molecule has 0 N–H and O–H groups in total. The van der Waals surface area contributed by atoms with Gasteiger partial charge in [-0.05, 0) is 18.6 Å². The zero-order valence-electron chi connectivity index (χ0n) is 10.2. The molecule has 0 heterocycles. The van der Waals surface area contributed by atoms with Crippen molar-refractivity contribution >= 4 is 5.97 Å². The fourth-order valence-electron chi connectivity index (χ4n) is 1.20. The number of hydrogen-bond donors (Lipinski definition) is 0. The van der Waals surface area contributed by atoms with E-state index in [0.29, 0.717) is 12.4 Å². The molecule has 0 radical (unpaired) electrons. The number of carbonyl (C=O) groups is 1. The number of unbranched alkanes of at least 4 members (excludes halogenated alkanes) is 1. The topological polar surface area (TPSA) is 44.8 Å². The lowest BCUT2D eigenvalue weighted by Gasteiger charge is -2.16. The molecule has 94 valence electrons. The highest BCUT2D eigenvalue weighted by atomic mass is 16.7. The smallest absolute Gasteiger partial charge is 0.376 e. The van der Waals surface area contributed by atoms with Crippen LogP contribution in [0.5, 0.6) is 5.75 Å². The molecule has 0 saturated heterocycles. The summed E-state index contributed by atoms with van der Waals surface area (Å²) < 4.78 is 15.3. The van der Waals surface area contributed by atoms with Crippen LogP contribution < -0.4 is 4.74 Å². The summed E-state index contributed by atoms with van der Waals surface area (Å²) in [5, 5.41) is 0. The van der Waals surface area contributed by atoms with Crippen molar-refractivity contribution in [2.24, 2.45) is 0 Å². The number of benzene rings is 1. The fourth-order valence-corrected chi connectivity index (χ4v) is 1.20. The summed E-state index contributed by atoms with van der Waals surface area (Å²) in [6, 6.07) is 9.03. The van der Waals surface area contributed by atoms with E-state index in [-0.39, 0.29) is 0 Å². The normalized spacial score (nSPS) is 11.9. The quantitative estimate of drug-likeness (QED) is 0.415. The number of esters is 1. The van der Waals surface area contributed by atoms with Crippen LogP contribution in [-0.4, -0.2) is 26.0 Å². The van der Waals surface area contributed by atoms with Crippen molar-refractivity contribution in [3.05, 3.63) is 30.3 Å². The van der Waals surface area contributed by atoms with Crippen LogP contribution in [0.25, 0.3) is 0 Å². The third-order valence-corrected chi connectivity index (χ3v) is 2.14. The van der Waals surface area contributed by atoms with Gasteiger partial charge in [0.15, 0.2) is 0 Å². The standard InChI is InChI=1S/C13H18O4/c1-3-4-10-16-12(14)13(15-2)17-11-8-6-5-7-9-11/h5-9,13H,3-4,10H2,1-2H3. The number of methoxy groups -OCH3 is 1. The summed E-state index contributed by atoms with van der Waals surface area (Å²) in [5.74, 6) is 0.0802. The molecule has 0 amide bonds. The van der Waals surface area contributed by atoms with E-state index >= 15 is 0 Å². The van der Waals surface area contributed by atoms with E-state index in [2.05, 4.69) is 0 Å². The Kier molecular flexibility index (Phi) is 6.10. The van der Waals surface area contributed by atoms with Gasteiger partial charge in [0, 0.05) is 7.11 Å². The summed E-state index contributed by atoms with van der Waals surface area (Å²) in [6.07, 6.45) is 0.812. The first kappa shape index (κ1) is 13.5. The molecule has 0 saturated carbocycles. The van der Waals surface area contributed by atoms with Gasteiger partial charge < -0.3 is 14.2 Å². The van der Waals surface area contributed by atoms with Crippen molar-refractivity contribution in [3.8, 4) is 5.75 Å². The molecule has 0 spiro atoms. The third kappa shape index (κ3) is 4.87. The Hall–Kier alpha value is -1.55. The molecule has 0 aliphatic rings. The molecule has 1 unspecified atom stereocenters. The SMILES string of the molecule is CCCCOC(=O)C(OC)Oc1ccccc1. The first-order chi connectivity index (χ1) is 8.27. The zero-order valence-corrected chi connectivity index (χ0v) is 10.2. The second kappa shape index (κ2) is 7.68. The van der Waals surface area contributed by atoms with Gasteiger partial charge in [0.05, 0.1) is 6.61 Å². The highest BCUT2D eigenvalue weighted by molar-refractivity contribution is 5.73. The number of ether oxygens (including phenoxy) is 3. The number of rotatable bonds is 7. The average molecular weight is 238 g/mol. The Morgan fingerprint density at radius 3 is 2.59 bits per heavy atom. The van der Waals surface area contributed by atoms with Gasteiger partial charge in [-0.3, -0.25) is 0 Å². The van der Waals surface area contributed by atoms with Crippen molar-refractivity contribution in [1.29, 1.82) is 0 Å². The molecular formula is C13H18O4. The zero-order chi connectivity index (χ0) is 12.5. The molecule has 1 aromatic rings.